The molecule has 1 aliphatic rings. The number of benzene rings is 1. The first-order valence-corrected chi connectivity index (χ1v) is 13.8. The van der Waals surface area contributed by atoms with E-state index in [0.29, 0.717) is 36.4 Å². The molecule has 0 saturated carbocycles. The lowest BCUT2D eigenvalue weighted by molar-refractivity contribution is 0.445. The van der Waals surface area contributed by atoms with E-state index in [9.17, 15) is 13.5 Å². The molecule has 3 N–H and O–H groups in total. The second kappa shape index (κ2) is 10.2. The highest BCUT2D eigenvalue weighted by Gasteiger charge is 2.33. The third kappa shape index (κ3) is 5.18. The van der Waals surface area contributed by atoms with Gasteiger partial charge in [-0.1, -0.05) is 37.6 Å². The van der Waals surface area contributed by atoms with Gasteiger partial charge in [0.1, 0.15) is 16.7 Å². The molecule has 1 atom stereocenters. The van der Waals surface area contributed by atoms with Crippen molar-refractivity contribution in [2.75, 3.05) is 23.7 Å². The van der Waals surface area contributed by atoms with Gasteiger partial charge in [-0.15, -0.1) is 0 Å². The molecular weight excluding hydrogens is 510 g/mol. The van der Waals surface area contributed by atoms with E-state index in [1.807, 2.05) is 13.0 Å². The summed E-state index contributed by atoms with van der Waals surface area (Å²) < 4.78 is 42.0. The molecule has 3 aromatic rings. The fraction of sp³-hybridized carbons (Fsp3) is 0.391. The first-order chi connectivity index (χ1) is 16.6. The van der Waals surface area contributed by atoms with Crippen LogP contribution in [0, 0.1) is 0 Å². The quantitative estimate of drug-likeness (QED) is 0.229. The second-order valence-corrected chi connectivity index (χ2v) is 11.6. The molecule has 0 unspecified atom stereocenters. The summed E-state index contributed by atoms with van der Waals surface area (Å²) in [6.07, 6.45) is 3.27. The fourth-order valence-corrected chi connectivity index (χ4v) is 6.43. The van der Waals surface area contributed by atoms with Crippen LogP contribution in [-0.4, -0.2) is 39.7 Å². The predicted molar refractivity (Wildman–Crippen MR) is 138 cm³/mol. The van der Waals surface area contributed by atoms with E-state index < -0.39 is 15.8 Å². The Bertz CT molecular complexity index is 1330. The molecule has 188 valence electrons. The number of nitrogens with zero attached hydrogens (tertiary/aromatic N) is 3. The molecule has 0 spiro atoms. The van der Waals surface area contributed by atoms with Crippen molar-refractivity contribution in [1.29, 1.82) is 0 Å². The van der Waals surface area contributed by atoms with Crippen molar-refractivity contribution in [2.45, 2.75) is 50.5 Å². The minimum absolute atomic E-state index is 0.0455. The zero-order valence-electron chi connectivity index (χ0n) is 19.7. The third-order valence-corrected chi connectivity index (χ3v) is 8.78. The molecule has 1 aromatic carbocycles. The summed E-state index contributed by atoms with van der Waals surface area (Å²) in [6.45, 7) is 10.9. The lowest BCUT2D eigenvalue weighted by Crippen LogP contribution is -2.28. The molecule has 0 bridgehead atoms. The first-order valence-electron chi connectivity index (χ1n) is 11.2. The molecule has 0 amide bonds. The summed E-state index contributed by atoms with van der Waals surface area (Å²) in [4.78, 5) is -0.319. The Morgan fingerprint density at radius 2 is 1.94 bits per heavy atom. The number of anilines is 3. The van der Waals surface area contributed by atoms with Gasteiger partial charge in [0.2, 0.25) is 10.0 Å². The Balaban J connectivity index is 1.62. The predicted octanol–water partition coefficient (Wildman–Crippen LogP) is 5.87. The maximum Gasteiger partial charge on any atom is 0.248 e. The van der Waals surface area contributed by atoms with Crippen LogP contribution < -0.4 is 10.6 Å². The van der Waals surface area contributed by atoms with Gasteiger partial charge in [0.25, 0.3) is 0 Å². The van der Waals surface area contributed by atoms with Gasteiger partial charge in [0, 0.05) is 13.1 Å². The lowest BCUT2D eigenvalue weighted by atomic mass is 10.0. The van der Waals surface area contributed by atoms with Crippen molar-refractivity contribution in [3.05, 3.63) is 53.0 Å². The number of phenolic OH excluding ortho intramolecular Hbond substituents is 1. The van der Waals surface area contributed by atoms with Gasteiger partial charge in [-0.2, -0.15) is 13.1 Å². The summed E-state index contributed by atoms with van der Waals surface area (Å²) in [5, 5.41) is 17.1. The van der Waals surface area contributed by atoms with Crippen LogP contribution in [0.3, 0.4) is 0 Å². The van der Waals surface area contributed by atoms with E-state index in [4.69, 9.17) is 16.0 Å². The largest absolute Gasteiger partial charge is 0.504 e. The van der Waals surface area contributed by atoms with Crippen LogP contribution in [0.25, 0.3) is 0 Å². The van der Waals surface area contributed by atoms with Gasteiger partial charge >= 0.3 is 0 Å². The molecule has 0 radical (unpaired) electrons. The number of aromatic hydroxyl groups is 1. The Hall–Kier alpha value is -2.60. The number of hydrogen-bond acceptors (Lipinski definition) is 9. The molecule has 9 nitrogen and oxygen atoms in total. The van der Waals surface area contributed by atoms with Crippen molar-refractivity contribution < 1.29 is 17.9 Å². The second-order valence-electron chi connectivity index (χ2n) is 8.83. The number of aromatic nitrogens is 2. The van der Waals surface area contributed by atoms with Crippen LogP contribution in [0.4, 0.5) is 17.3 Å². The standard InChI is InChI=1S/C23H28ClN5O4S2/c1-13(2)15-11-18(33-12-15)19(14(3)4)26-23-22(27-34-28-23)25-17-8-7-16(24)21(20(17)30)35(31,32)29-9-5-6-10-29/h7-8,11-13,19,30H,3,5-6,9-10H2,1-2,4H3,(H,25,27)(H,26,28)/t19-/m1/s1. The molecule has 12 heteroatoms. The van der Waals surface area contributed by atoms with E-state index in [1.54, 1.807) is 6.26 Å². The monoisotopic (exact) mass is 537 g/mol. The van der Waals surface area contributed by atoms with Crippen molar-refractivity contribution in [3.63, 3.8) is 0 Å². The maximum absolute atomic E-state index is 13.1. The van der Waals surface area contributed by atoms with Crippen molar-refractivity contribution in [3.8, 4) is 5.75 Å². The first kappa shape index (κ1) is 25.5. The van der Waals surface area contributed by atoms with E-state index in [2.05, 4.69) is 39.8 Å². The molecule has 3 heterocycles. The summed E-state index contributed by atoms with van der Waals surface area (Å²) in [7, 11) is -3.94. The van der Waals surface area contributed by atoms with Crippen LogP contribution in [0.1, 0.15) is 56.9 Å². The summed E-state index contributed by atoms with van der Waals surface area (Å²) in [5.74, 6) is 1.26. The molecule has 4 rings (SSSR count). The van der Waals surface area contributed by atoms with Gasteiger partial charge < -0.3 is 20.2 Å². The van der Waals surface area contributed by atoms with Crippen molar-refractivity contribution >= 4 is 50.7 Å². The number of nitrogens with one attached hydrogen (secondary N) is 2. The Morgan fingerprint density at radius 3 is 2.57 bits per heavy atom. The van der Waals surface area contributed by atoms with Crippen molar-refractivity contribution in [2.24, 2.45) is 0 Å². The Labute approximate surface area is 214 Å². The SMILES string of the molecule is C=C(C)[C@@H](Nc1nsnc1Nc1ccc(Cl)c(S(=O)(=O)N2CCCC2)c1O)c1cc(C(C)C)co1. The zero-order chi connectivity index (χ0) is 25.3. The average molecular weight is 538 g/mol. The molecule has 1 saturated heterocycles. The smallest absolute Gasteiger partial charge is 0.248 e. The number of furan rings is 1. The molecule has 35 heavy (non-hydrogen) atoms. The summed E-state index contributed by atoms with van der Waals surface area (Å²) in [5.41, 5.74) is 2.03. The van der Waals surface area contributed by atoms with E-state index >= 15 is 0 Å². The number of halogens is 1. The van der Waals surface area contributed by atoms with E-state index in [0.717, 1.165) is 35.7 Å². The number of sulfonamides is 1. The number of rotatable bonds is 9. The van der Waals surface area contributed by atoms with E-state index in [-0.39, 0.29) is 21.6 Å². The van der Waals surface area contributed by atoms with Gasteiger partial charge in [0.15, 0.2) is 17.4 Å². The highest BCUT2D eigenvalue weighted by molar-refractivity contribution is 7.89. The third-order valence-electron chi connectivity index (χ3n) is 5.85. The van der Waals surface area contributed by atoms with Crippen LogP contribution >= 0.6 is 23.3 Å². The topological polar surface area (TPSA) is 121 Å². The normalized spacial score (nSPS) is 15.5. The number of hydrogen-bond donors (Lipinski definition) is 3. The molecule has 1 fully saturated rings. The van der Waals surface area contributed by atoms with Crippen molar-refractivity contribution in [1.82, 2.24) is 13.1 Å². The van der Waals surface area contributed by atoms with Gasteiger partial charge in [-0.05, 0) is 49.4 Å². The Kier molecular flexibility index (Phi) is 7.41. The minimum Gasteiger partial charge on any atom is -0.504 e. The fourth-order valence-electron chi connectivity index (χ4n) is 3.84. The molecule has 1 aliphatic heterocycles. The van der Waals surface area contributed by atoms with Crippen LogP contribution in [-0.2, 0) is 10.0 Å². The molecule has 0 aliphatic carbocycles. The van der Waals surface area contributed by atoms with Gasteiger partial charge in [0.05, 0.1) is 28.7 Å². The zero-order valence-corrected chi connectivity index (χ0v) is 22.1. The lowest BCUT2D eigenvalue weighted by Gasteiger charge is -2.19. The minimum atomic E-state index is -3.94. The maximum atomic E-state index is 13.1. The van der Waals surface area contributed by atoms with Gasteiger partial charge in [-0.3, -0.25) is 0 Å². The van der Waals surface area contributed by atoms with Crippen LogP contribution in [0.2, 0.25) is 5.02 Å². The summed E-state index contributed by atoms with van der Waals surface area (Å²) in [6, 6.07) is 4.55. The van der Waals surface area contributed by atoms with Crippen LogP contribution in [0.15, 0.2) is 45.9 Å². The Morgan fingerprint density at radius 1 is 1.26 bits per heavy atom. The molecular formula is C23H28ClN5O4S2. The average Bonchev–Trinajstić information content (AvgIpc) is 3.56. The highest BCUT2D eigenvalue weighted by atomic mass is 35.5. The van der Waals surface area contributed by atoms with E-state index in [1.165, 1.54) is 16.4 Å². The molecule has 2 aromatic heterocycles. The van der Waals surface area contributed by atoms with Crippen LogP contribution in [0.5, 0.6) is 5.75 Å². The number of phenols is 1. The highest BCUT2D eigenvalue weighted by Crippen LogP contribution is 2.41. The summed E-state index contributed by atoms with van der Waals surface area (Å²) >= 11 is 7.19. The van der Waals surface area contributed by atoms with Gasteiger partial charge in [-0.25, -0.2) is 8.42 Å².